The molecule has 0 spiro atoms. The minimum absolute atomic E-state index is 0.238. The van der Waals surface area contributed by atoms with E-state index < -0.39 is 0 Å². The first-order valence-corrected chi connectivity index (χ1v) is 12.1. The summed E-state index contributed by atoms with van der Waals surface area (Å²) >= 11 is 1.90. The van der Waals surface area contributed by atoms with E-state index >= 15 is 0 Å². The zero-order valence-electron chi connectivity index (χ0n) is 19.1. The SMILES string of the molecule is Cc1cc2ncnn2cc1-c1[nH]c2sc(C3CCN(CC(N)=O)CC3)c(C)c2c1C(C)C. The minimum Gasteiger partial charge on any atom is -0.369 e. The van der Waals surface area contributed by atoms with Gasteiger partial charge in [-0.15, -0.1) is 11.3 Å². The molecule has 4 aromatic heterocycles. The lowest BCUT2D eigenvalue weighted by Crippen LogP contribution is -2.39. The molecule has 3 N–H and O–H groups in total. The zero-order chi connectivity index (χ0) is 22.6. The molecule has 4 aromatic rings. The average molecular weight is 451 g/mol. The Kier molecular flexibility index (Phi) is 5.29. The minimum atomic E-state index is -0.238. The number of hydrogen-bond acceptors (Lipinski definition) is 5. The van der Waals surface area contributed by atoms with Crippen LogP contribution in [0.15, 0.2) is 18.6 Å². The van der Waals surface area contributed by atoms with Gasteiger partial charge in [0.05, 0.1) is 12.2 Å². The van der Waals surface area contributed by atoms with Gasteiger partial charge in [0.15, 0.2) is 5.65 Å². The number of hydrogen-bond donors (Lipinski definition) is 2. The first-order chi connectivity index (χ1) is 15.3. The van der Waals surface area contributed by atoms with Crippen molar-refractivity contribution in [1.82, 2.24) is 24.5 Å². The Balaban J connectivity index is 1.54. The first kappa shape index (κ1) is 21.2. The van der Waals surface area contributed by atoms with Gasteiger partial charge >= 0.3 is 0 Å². The van der Waals surface area contributed by atoms with Gasteiger partial charge in [-0.05, 0) is 74.4 Å². The second-order valence-electron chi connectivity index (χ2n) is 9.31. The maximum absolute atomic E-state index is 11.3. The number of thiophene rings is 1. The molecule has 0 aromatic carbocycles. The third-order valence-corrected chi connectivity index (χ3v) is 8.14. The number of aromatic nitrogens is 4. The molecule has 1 aliphatic heterocycles. The fraction of sp³-hybridized carbons (Fsp3) is 0.458. The predicted molar refractivity (Wildman–Crippen MR) is 129 cm³/mol. The van der Waals surface area contributed by atoms with Crippen molar-refractivity contribution < 1.29 is 4.79 Å². The van der Waals surface area contributed by atoms with Crippen LogP contribution in [0.4, 0.5) is 0 Å². The second-order valence-corrected chi connectivity index (χ2v) is 10.4. The van der Waals surface area contributed by atoms with Crippen LogP contribution in [0.5, 0.6) is 0 Å². The molecule has 0 radical (unpaired) electrons. The van der Waals surface area contributed by atoms with Gasteiger partial charge in [-0.2, -0.15) is 5.10 Å². The summed E-state index contributed by atoms with van der Waals surface area (Å²) in [5.74, 6) is 0.697. The standard InChI is InChI=1S/C24H30N6OS/c1-13(2)20-21-15(4)23(16-5-7-29(8-6-16)11-18(25)31)32-24(21)28-22(20)17-10-30-19(9-14(17)3)26-12-27-30/h9-10,12-13,16,28H,5-8,11H2,1-4H3,(H2,25,31). The number of nitrogens with one attached hydrogen (secondary N) is 1. The summed E-state index contributed by atoms with van der Waals surface area (Å²) in [6.45, 7) is 11.2. The fourth-order valence-electron chi connectivity index (χ4n) is 5.22. The fourth-order valence-corrected chi connectivity index (χ4v) is 6.62. The summed E-state index contributed by atoms with van der Waals surface area (Å²) < 4.78 is 1.85. The first-order valence-electron chi connectivity index (χ1n) is 11.3. The van der Waals surface area contributed by atoms with Crippen LogP contribution in [0.3, 0.4) is 0 Å². The van der Waals surface area contributed by atoms with E-state index in [-0.39, 0.29) is 5.91 Å². The number of nitrogens with two attached hydrogens (primary N) is 1. The lowest BCUT2D eigenvalue weighted by atomic mass is 9.90. The van der Waals surface area contributed by atoms with E-state index in [1.54, 1.807) is 6.33 Å². The third kappa shape index (κ3) is 3.51. The van der Waals surface area contributed by atoms with E-state index in [2.05, 4.69) is 59.9 Å². The lowest BCUT2D eigenvalue weighted by Gasteiger charge is -2.31. The third-order valence-electron chi connectivity index (χ3n) is 6.77. The van der Waals surface area contributed by atoms with Gasteiger partial charge in [-0.3, -0.25) is 9.69 Å². The van der Waals surface area contributed by atoms with Crippen LogP contribution in [0, 0.1) is 13.8 Å². The summed E-state index contributed by atoms with van der Waals surface area (Å²) in [6.07, 6.45) is 5.83. The molecule has 32 heavy (non-hydrogen) atoms. The normalized spacial score (nSPS) is 16.0. The number of rotatable bonds is 5. The molecule has 5 heterocycles. The molecule has 0 unspecified atom stereocenters. The number of likely N-dealkylation sites (tertiary alicyclic amines) is 1. The van der Waals surface area contributed by atoms with Crippen LogP contribution in [0.2, 0.25) is 0 Å². The zero-order valence-corrected chi connectivity index (χ0v) is 19.9. The van der Waals surface area contributed by atoms with Gasteiger partial charge in [0.1, 0.15) is 11.2 Å². The Labute approximate surface area is 191 Å². The monoisotopic (exact) mass is 450 g/mol. The highest BCUT2D eigenvalue weighted by atomic mass is 32.1. The maximum Gasteiger partial charge on any atom is 0.231 e. The Morgan fingerprint density at radius 2 is 2.06 bits per heavy atom. The van der Waals surface area contributed by atoms with Crippen molar-refractivity contribution in [3.63, 3.8) is 0 Å². The van der Waals surface area contributed by atoms with E-state index in [4.69, 9.17) is 5.73 Å². The number of H-pyrrole nitrogens is 1. The number of piperidine rings is 1. The quantitative estimate of drug-likeness (QED) is 0.473. The highest BCUT2D eigenvalue weighted by molar-refractivity contribution is 7.19. The molecular formula is C24H30N6OS. The number of fused-ring (bicyclic) bond motifs is 2. The molecule has 168 valence electrons. The number of carbonyl (C=O) groups is 1. The average Bonchev–Trinajstić information content (AvgIpc) is 3.42. The number of amides is 1. The summed E-state index contributed by atoms with van der Waals surface area (Å²) in [4.78, 5) is 24.3. The van der Waals surface area contributed by atoms with Crippen LogP contribution in [-0.4, -0.2) is 50.0 Å². The van der Waals surface area contributed by atoms with Crippen molar-refractivity contribution in [2.24, 2.45) is 5.73 Å². The van der Waals surface area contributed by atoms with E-state index in [0.29, 0.717) is 18.4 Å². The number of nitrogens with zero attached hydrogens (tertiary/aromatic N) is 4. The van der Waals surface area contributed by atoms with Gasteiger partial charge in [0.25, 0.3) is 0 Å². The van der Waals surface area contributed by atoms with Gasteiger partial charge < -0.3 is 10.7 Å². The van der Waals surface area contributed by atoms with Crippen molar-refractivity contribution in [3.8, 4) is 11.3 Å². The summed E-state index contributed by atoms with van der Waals surface area (Å²) in [5.41, 5.74) is 12.6. The molecule has 1 aliphatic rings. The lowest BCUT2D eigenvalue weighted by molar-refractivity contribution is -0.119. The van der Waals surface area contributed by atoms with Crippen molar-refractivity contribution in [2.75, 3.05) is 19.6 Å². The number of pyridine rings is 1. The van der Waals surface area contributed by atoms with E-state index in [1.165, 1.54) is 43.0 Å². The van der Waals surface area contributed by atoms with E-state index in [1.807, 2.05) is 15.9 Å². The Hall–Kier alpha value is -2.71. The van der Waals surface area contributed by atoms with Crippen molar-refractivity contribution in [1.29, 1.82) is 0 Å². The van der Waals surface area contributed by atoms with Crippen LogP contribution in [-0.2, 0) is 4.79 Å². The molecule has 0 bridgehead atoms. The molecule has 1 fully saturated rings. The van der Waals surface area contributed by atoms with E-state index in [9.17, 15) is 4.79 Å². The van der Waals surface area contributed by atoms with Gasteiger partial charge in [-0.25, -0.2) is 9.50 Å². The largest absolute Gasteiger partial charge is 0.369 e. The molecule has 8 heteroatoms. The summed E-state index contributed by atoms with van der Waals surface area (Å²) in [5, 5.41) is 5.72. The molecule has 0 atom stereocenters. The molecule has 7 nitrogen and oxygen atoms in total. The highest BCUT2D eigenvalue weighted by Crippen LogP contribution is 2.46. The predicted octanol–water partition coefficient (Wildman–Crippen LogP) is 4.34. The van der Waals surface area contributed by atoms with Gasteiger partial charge in [0.2, 0.25) is 5.91 Å². The number of carbonyl (C=O) groups excluding carboxylic acids is 1. The molecule has 0 aliphatic carbocycles. The van der Waals surface area contributed by atoms with Crippen molar-refractivity contribution >= 4 is 33.1 Å². The molecule has 5 rings (SSSR count). The van der Waals surface area contributed by atoms with Crippen molar-refractivity contribution in [2.45, 2.75) is 52.4 Å². The highest BCUT2D eigenvalue weighted by Gasteiger charge is 2.28. The van der Waals surface area contributed by atoms with Crippen LogP contribution in [0.1, 0.15) is 60.1 Å². The second kappa shape index (κ2) is 8.01. The Bertz CT molecular complexity index is 1310. The number of aromatic amines is 1. The van der Waals surface area contributed by atoms with Gasteiger partial charge in [0, 0.05) is 22.0 Å². The van der Waals surface area contributed by atoms with E-state index in [0.717, 1.165) is 31.6 Å². The maximum atomic E-state index is 11.3. The molecular weight excluding hydrogens is 420 g/mol. The van der Waals surface area contributed by atoms with Crippen molar-refractivity contribution in [3.05, 3.63) is 40.2 Å². The summed E-state index contributed by atoms with van der Waals surface area (Å²) in [6, 6.07) is 2.10. The molecule has 1 amide bonds. The topological polar surface area (TPSA) is 92.3 Å². The smallest absolute Gasteiger partial charge is 0.231 e. The molecule has 0 saturated carbocycles. The Morgan fingerprint density at radius 3 is 2.75 bits per heavy atom. The molecule has 1 saturated heterocycles. The Morgan fingerprint density at radius 1 is 1.31 bits per heavy atom. The number of aryl methyl sites for hydroxylation is 2. The van der Waals surface area contributed by atoms with Gasteiger partial charge in [-0.1, -0.05) is 13.8 Å². The summed E-state index contributed by atoms with van der Waals surface area (Å²) in [7, 11) is 0. The van der Waals surface area contributed by atoms with Crippen LogP contribution >= 0.6 is 11.3 Å². The number of primary amides is 1. The van der Waals surface area contributed by atoms with Crippen LogP contribution in [0.25, 0.3) is 27.1 Å². The van der Waals surface area contributed by atoms with Crippen LogP contribution < -0.4 is 5.73 Å².